The number of carbonyl (C=O) groups is 2. The van der Waals surface area contributed by atoms with E-state index in [0.717, 1.165) is 0 Å². The Morgan fingerprint density at radius 3 is 2.00 bits per heavy atom. The molecule has 0 atom stereocenters. The first-order valence-corrected chi connectivity index (χ1v) is 10.1. The number of furan rings is 1. The van der Waals surface area contributed by atoms with Crippen molar-refractivity contribution in [3.05, 3.63) is 61.3 Å². The van der Waals surface area contributed by atoms with Crippen molar-refractivity contribution in [2.45, 2.75) is 6.54 Å². The minimum absolute atomic E-state index is 0.0443. The van der Waals surface area contributed by atoms with Crippen molar-refractivity contribution in [2.75, 3.05) is 19.5 Å². The zero-order valence-corrected chi connectivity index (χ0v) is 19.9. The summed E-state index contributed by atoms with van der Waals surface area (Å²) >= 11 is 28.4. The molecule has 3 aromatic heterocycles. The van der Waals surface area contributed by atoms with Gasteiger partial charge in [-0.3, -0.25) is 0 Å². The van der Waals surface area contributed by atoms with Crippen molar-refractivity contribution in [2.24, 2.45) is 0 Å². The van der Waals surface area contributed by atoms with E-state index in [4.69, 9.17) is 62.4 Å². The van der Waals surface area contributed by atoms with Crippen LogP contribution in [0.4, 0.5) is 5.82 Å². The van der Waals surface area contributed by atoms with E-state index >= 15 is 0 Å². The third-order valence-corrected chi connectivity index (χ3v) is 4.80. The highest BCUT2D eigenvalue weighted by molar-refractivity contribution is 6.43. The second kappa shape index (κ2) is 12.0. The van der Waals surface area contributed by atoms with Crippen LogP contribution in [-0.2, 0) is 16.0 Å². The van der Waals surface area contributed by atoms with Gasteiger partial charge in [0.2, 0.25) is 10.6 Å². The van der Waals surface area contributed by atoms with Crippen LogP contribution in [-0.4, -0.2) is 46.1 Å². The van der Waals surface area contributed by atoms with Gasteiger partial charge in [0.05, 0.1) is 27.0 Å². The standard InChI is InChI=1S/C11H9Cl2N3O3.C6H3Cl3N2O2/c1-18-10(17)8-7(12)9(16-11(13)15-8)14-5-6-3-2-4-19-6;1-13-5(12)3-2(7)4(8)11-6(9)10-3/h2-4H,5H2,1H3,(H,14,15,16);1H3. The van der Waals surface area contributed by atoms with Crippen LogP contribution >= 0.6 is 58.0 Å². The Kier molecular flexibility index (Phi) is 9.73. The summed E-state index contributed by atoms with van der Waals surface area (Å²) in [6.07, 6.45) is 1.55. The van der Waals surface area contributed by atoms with E-state index in [1.165, 1.54) is 14.2 Å². The first kappa shape index (κ1) is 25.9. The van der Waals surface area contributed by atoms with Crippen molar-refractivity contribution in [1.29, 1.82) is 0 Å². The summed E-state index contributed by atoms with van der Waals surface area (Å²) in [5, 5.41) is 2.54. The number of nitrogens with one attached hydrogen (secondary N) is 1. The number of anilines is 1. The number of esters is 2. The van der Waals surface area contributed by atoms with Gasteiger partial charge in [-0.15, -0.1) is 0 Å². The molecule has 0 aliphatic rings. The number of nitrogens with zero attached hydrogens (tertiary/aromatic N) is 4. The molecule has 0 aromatic carbocycles. The third kappa shape index (κ3) is 6.81. The van der Waals surface area contributed by atoms with Crippen molar-refractivity contribution in [3.8, 4) is 0 Å². The second-order valence-electron chi connectivity index (χ2n) is 5.37. The van der Waals surface area contributed by atoms with Gasteiger partial charge in [-0.05, 0) is 35.3 Å². The number of aromatic nitrogens is 4. The highest BCUT2D eigenvalue weighted by Gasteiger charge is 2.19. The zero-order chi connectivity index (χ0) is 23.8. The van der Waals surface area contributed by atoms with Crippen LogP contribution in [0, 0.1) is 0 Å². The Hall–Kier alpha value is -2.37. The molecule has 32 heavy (non-hydrogen) atoms. The lowest BCUT2D eigenvalue weighted by Crippen LogP contribution is -2.10. The van der Waals surface area contributed by atoms with E-state index in [2.05, 4.69) is 34.7 Å². The fourth-order valence-corrected chi connectivity index (χ4v) is 2.92. The lowest BCUT2D eigenvalue weighted by Gasteiger charge is -2.08. The van der Waals surface area contributed by atoms with E-state index in [1.807, 2.05) is 0 Å². The molecule has 3 heterocycles. The Balaban J connectivity index is 0.000000244. The average molecular weight is 544 g/mol. The highest BCUT2D eigenvalue weighted by atomic mass is 35.5. The smallest absolute Gasteiger partial charge is 0.358 e. The van der Waals surface area contributed by atoms with Crippen LogP contribution in [0.15, 0.2) is 22.8 Å². The number of ether oxygens (including phenoxy) is 2. The molecule has 3 aromatic rings. The first-order chi connectivity index (χ1) is 15.2. The van der Waals surface area contributed by atoms with E-state index < -0.39 is 11.9 Å². The van der Waals surface area contributed by atoms with Crippen LogP contribution in [0.5, 0.6) is 0 Å². The summed E-state index contributed by atoms with van der Waals surface area (Å²) < 4.78 is 14.1. The Bertz CT molecular complexity index is 1110. The molecule has 3 rings (SSSR count). The van der Waals surface area contributed by atoms with Gasteiger partial charge in [0, 0.05) is 0 Å². The molecule has 0 amide bonds. The molecule has 1 N–H and O–H groups in total. The van der Waals surface area contributed by atoms with E-state index in [1.54, 1.807) is 18.4 Å². The number of hydrogen-bond acceptors (Lipinski definition) is 10. The summed E-state index contributed by atoms with van der Waals surface area (Å²) in [6, 6.07) is 3.54. The highest BCUT2D eigenvalue weighted by Crippen LogP contribution is 2.26. The van der Waals surface area contributed by atoms with E-state index in [-0.39, 0.29) is 43.0 Å². The topological polar surface area (TPSA) is 129 Å². The minimum Gasteiger partial charge on any atom is -0.467 e. The normalized spacial score (nSPS) is 10.1. The molecule has 170 valence electrons. The Morgan fingerprint density at radius 2 is 1.47 bits per heavy atom. The molecule has 0 fully saturated rings. The van der Waals surface area contributed by atoms with Gasteiger partial charge < -0.3 is 19.2 Å². The van der Waals surface area contributed by atoms with Crippen LogP contribution in [0.3, 0.4) is 0 Å². The Labute approximate surface area is 206 Å². The van der Waals surface area contributed by atoms with Crippen molar-refractivity contribution in [1.82, 2.24) is 19.9 Å². The predicted molar refractivity (Wildman–Crippen MR) is 118 cm³/mol. The molecule has 0 aliphatic heterocycles. The number of hydrogen-bond donors (Lipinski definition) is 1. The summed E-state index contributed by atoms with van der Waals surface area (Å²) in [5.74, 6) is -0.476. The summed E-state index contributed by atoms with van der Waals surface area (Å²) in [6.45, 7) is 0.348. The molecule has 15 heteroatoms. The SMILES string of the molecule is COC(=O)c1nc(Cl)nc(Cl)c1Cl.COC(=O)c1nc(Cl)nc(NCc2ccco2)c1Cl. The fourth-order valence-electron chi connectivity index (χ4n) is 1.98. The molecule has 0 spiro atoms. The van der Waals surface area contributed by atoms with Gasteiger partial charge in [0.25, 0.3) is 0 Å². The van der Waals surface area contributed by atoms with E-state index in [9.17, 15) is 9.59 Å². The third-order valence-electron chi connectivity index (χ3n) is 3.38. The molecule has 0 saturated heterocycles. The molecule has 0 aliphatic carbocycles. The summed E-state index contributed by atoms with van der Waals surface area (Å²) in [5.41, 5.74) is -0.236. The van der Waals surface area contributed by atoms with Gasteiger partial charge in [-0.2, -0.15) is 4.98 Å². The quantitative estimate of drug-likeness (QED) is 0.267. The van der Waals surface area contributed by atoms with Crippen LogP contribution < -0.4 is 5.32 Å². The van der Waals surface area contributed by atoms with Crippen molar-refractivity contribution in [3.63, 3.8) is 0 Å². The molecule has 0 unspecified atom stereocenters. The molecular weight excluding hydrogens is 531 g/mol. The minimum atomic E-state index is -0.712. The molecule has 0 radical (unpaired) electrons. The number of carbonyl (C=O) groups excluding carboxylic acids is 2. The maximum atomic E-state index is 11.5. The van der Waals surface area contributed by atoms with Gasteiger partial charge >= 0.3 is 11.9 Å². The fraction of sp³-hybridized carbons (Fsp3) is 0.176. The first-order valence-electron chi connectivity index (χ1n) is 8.22. The van der Waals surface area contributed by atoms with Gasteiger partial charge in [0.1, 0.15) is 15.8 Å². The number of methoxy groups -OCH3 is 2. The second-order valence-corrected chi connectivity index (χ2v) is 7.16. The van der Waals surface area contributed by atoms with E-state index in [0.29, 0.717) is 12.3 Å². The van der Waals surface area contributed by atoms with Crippen LogP contribution in [0.25, 0.3) is 0 Å². The van der Waals surface area contributed by atoms with Gasteiger partial charge in [0.15, 0.2) is 22.4 Å². The van der Waals surface area contributed by atoms with Crippen molar-refractivity contribution < 1.29 is 23.5 Å². The predicted octanol–water partition coefficient (Wildman–Crippen LogP) is 5.00. The molecular formula is C17H12Cl5N5O5. The molecule has 0 saturated carbocycles. The maximum absolute atomic E-state index is 11.5. The monoisotopic (exact) mass is 541 g/mol. The van der Waals surface area contributed by atoms with Crippen LogP contribution in [0.1, 0.15) is 26.7 Å². The van der Waals surface area contributed by atoms with Crippen LogP contribution in [0.2, 0.25) is 25.8 Å². The van der Waals surface area contributed by atoms with Gasteiger partial charge in [-0.1, -0.05) is 34.8 Å². The molecule has 10 nitrogen and oxygen atoms in total. The lowest BCUT2D eigenvalue weighted by atomic mass is 10.3. The Morgan fingerprint density at radius 1 is 0.906 bits per heavy atom. The average Bonchev–Trinajstić information content (AvgIpc) is 3.29. The number of rotatable bonds is 5. The molecule has 0 bridgehead atoms. The summed E-state index contributed by atoms with van der Waals surface area (Å²) in [4.78, 5) is 37.2. The zero-order valence-electron chi connectivity index (χ0n) is 16.2. The van der Waals surface area contributed by atoms with Gasteiger partial charge in [-0.25, -0.2) is 24.5 Å². The number of halogens is 5. The largest absolute Gasteiger partial charge is 0.467 e. The lowest BCUT2D eigenvalue weighted by molar-refractivity contribution is 0.0585. The maximum Gasteiger partial charge on any atom is 0.358 e. The summed E-state index contributed by atoms with van der Waals surface area (Å²) in [7, 11) is 2.42. The van der Waals surface area contributed by atoms with Crippen molar-refractivity contribution >= 4 is 75.8 Å².